The van der Waals surface area contributed by atoms with Gasteiger partial charge in [0.05, 0.1) is 5.69 Å². The first-order valence-electron chi connectivity index (χ1n) is 14.0. The molecule has 0 aliphatic carbocycles. The summed E-state index contributed by atoms with van der Waals surface area (Å²) in [5.41, 5.74) is 14.0. The Balaban J connectivity index is 0.000000415. The van der Waals surface area contributed by atoms with Crippen molar-refractivity contribution in [3.05, 3.63) is 131 Å². The second kappa shape index (κ2) is 18.7. The molecule has 0 bridgehead atoms. The lowest BCUT2D eigenvalue weighted by molar-refractivity contribution is 0.625. The monoisotopic (exact) mass is 526 g/mol. The fourth-order valence-corrected chi connectivity index (χ4v) is 4.08. The van der Waals surface area contributed by atoms with Gasteiger partial charge in [0.2, 0.25) is 0 Å². The van der Waals surface area contributed by atoms with Crippen LogP contribution in [0.2, 0.25) is 0 Å². The van der Waals surface area contributed by atoms with Gasteiger partial charge in [0, 0.05) is 17.1 Å². The van der Waals surface area contributed by atoms with Crippen molar-refractivity contribution < 1.29 is 4.39 Å². The van der Waals surface area contributed by atoms with Crippen molar-refractivity contribution in [1.82, 2.24) is 4.98 Å². The number of aromatic nitrogens is 1. The summed E-state index contributed by atoms with van der Waals surface area (Å²) in [6, 6.07) is 19.7. The lowest BCUT2D eigenvalue weighted by atomic mass is 9.89. The van der Waals surface area contributed by atoms with E-state index < -0.39 is 0 Å². The van der Waals surface area contributed by atoms with Crippen molar-refractivity contribution >= 4 is 5.57 Å². The minimum atomic E-state index is -0.133. The van der Waals surface area contributed by atoms with Crippen molar-refractivity contribution in [2.24, 2.45) is 5.73 Å². The third kappa shape index (κ3) is 11.4. The van der Waals surface area contributed by atoms with Gasteiger partial charge in [-0.25, -0.2) is 9.37 Å². The van der Waals surface area contributed by atoms with Crippen LogP contribution >= 0.6 is 0 Å². The van der Waals surface area contributed by atoms with Crippen molar-refractivity contribution in [3.8, 4) is 0 Å². The van der Waals surface area contributed by atoms with E-state index in [2.05, 4.69) is 71.2 Å². The SMILES string of the molecule is C=C/C(=C\C)c1c#cc(C(C=C)Cc2cccc(C)c2C)c(C)n1.CCCCN.CCCc1cccc(F)c1. The van der Waals surface area contributed by atoms with E-state index in [1.807, 2.05) is 32.1 Å². The zero-order chi connectivity index (χ0) is 29.2. The number of nitrogens with zero attached hydrogens (tertiary/aromatic N) is 1. The Labute approximate surface area is 237 Å². The zero-order valence-electron chi connectivity index (χ0n) is 24.9. The molecule has 39 heavy (non-hydrogen) atoms. The second-order valence-electron chi connectivity index (χ2n) is 9.59. The number of rotatable bonds is 10. The average Bonchev–Trinajstić information content (AvgIpc) is 2.92. The van der Waals surface area contributed by atoms with Crippen molar-refractivity contribution in [3.63, 3.8) is 0 Å². The maximum absolute atomic E-state index is 12.5. The molecule has 1 unspecified atom stereocenters. The molecule has 2 N–H and O–H groups in total. The molecule has 3 aromatic rings. The molecule has 2 nitrogen and oxygen atoms in total. The van der Waals surface area contributed by atoms with Crippen LogP contribution in [-0.4, -0.2) is 11.5 Å². The van der Waals surface area contributed by atoms with Crippen LogP contribution < -0.4 is 5.73 Å². The quantitative estimate of drug-likeness (QED) is 0.211. The first-order chi connectivity index (χ1) is 18.8. The molecule has 0 amide bonds. The van der Waals surface area contributed by atoms with E-state index >= 15 is 0 Å². The highest BCUT2D eigenvalue weighted by atomic mass is 19.1. The van der Waals surface area contributed by atoms with Gasteiger partial charge in [-0.2, -0.15) is 0 Å². The third-order valence-corrected chi connectivity index (χ3v) is 6.59. The number of unbranched alkanes of at least 4 members (excludes halogenated alkanes) is 1. The minimum absolute atomic E-state index is 0.133. The number of benzene rings is 2. The second-order valence-corrected chi connectivity index (χ2v) is 9.59. The highest BCUT2D eigenvalue weighted by Crippen LogP contribution is 2.26. The predicted octanol–water partition coefficient (Wildman–Crippen LogP) is 9.23. The van der Waals surface area contributed by atoms with Gasteiger partial charge >= 0.3 is 0 Å². The van der Waals surface area contributed by atoms with Gasteiger partial charge in [-0.1, -0.05) is 87.9 Å². The standard InChI is InChI=1S/C23H25N.C9H11F.C4H11N/c1-7-19(8-2)23-14-13-22(18(6)24-23)20(9-3)15-21-12-10-11-16(4)17(21)5;1-2-4-8-5-3-6-9(10)7-8;1-2-3-4-5/h7-12,20H,1,3,15H2,2,4-6H3;3,5-7H,2,4H2,1H3;2-5H2,1H3/b19-8+;;. The Morgan fingerprint density at radius 2 is 1.77 bits per heavy atom. The first kappa shape index (κ1) is 33.5. The van der Waals surface area contributed by atoms with Gasteiger partial charge in [0.15, 0.2) is 0 Å². The van der Waals surface area contributed by atoms with Gasteiger partial charge < -0.3 is 5.73 Å². The number of hydrogen-bond acceptors (Lipinski definition) is 2. The Hall–Kier alpha value is -3.48. The predicted molar refractivity (Wildman–Crippen MR) is 167 cm³/mol. The van der Waals surface area contributed by atoms with Gasteiger partial charge in [0.1, 0.15) is 11.5 Å². The molecule has 0 spiro atoms. The summed E-state index contributed by atoms with van der Waals surface area (Å²) in [5, 5.41) is 0. The van der Waals surface area contributed by atoms with Crippen LogP contribution in [0.25, 0.3) is 5.57 Å². The maximum Gasteiger partial charge on any atom is 0.123 e. The Kier molecular flexibility index (Phi) is 16.1. The van der Waals surface area contributed by atoms with E-state index in [1.165, 1.54) is 35.6 Å². The van der Waals surface area contributed by atoms with Gasteiger partial charge in [0.25, 0.3) is 0 Å². The van der Waals surface area contributed by atoms with E-state index in [4.69, 9.17) is 10.7 Å². The van der Waals surface area contributed by atoms with E-state index in [9.17, 15) is 4.39 Å². The Bertz CT molecular complexity index is 1190. The molecule has 3 heteroatoms. The molecule has 1 aromatic heterocycles. The number of aryl methyl sites for hydroxylation is 3. The van der Waals surface area contributed by atoms with E-state index in [0.717, 1.165) is 53.9 Å². The van der Waals surface area contributed by atoms with Gasteiger partial charge in [-0.3, -0.25) is 0 Å². The summed E-state index contributed by atoms with van der Waals surface area (Å²) in [5.74, 6) is 0.0482. The van der Waals surface area contributed by atoms with Crippen LogP contribution in [0.15, 0.2) is 73.9 Å². The normalized spacial score (nSPS) is 11.2. The van der Waals surface area contributed by atoms with Crippen molar-refractivity contribution in [2.45, 2.75) is 79.6 Å². The molecule has 0 fully saturated rings. The molecule has 208 valence electrons. The summed E-state index contributed by atoms with van der Waals surface area (Å²) in [6.07, 6.45) is 11.1. The third-order valence-electron chi connectivity index (χ3n) is 6.59. The van der Waals surface area contributed by atoms with Crippen LogP contribution in [-0.2, 0) is 12.8 Å². The molecule has 1 atom stereocenters. The first-order valence-corrected chi connectivity index (χ1v) is 14.0. The lowest BCUT2D eigenvalue weighted by Crippen LogP contribution is -2.05. The van der Waals surface area contributed by atoms with E-state index in [1.54, 1.807) is 18.2 Å². The molecule has 0 saturated carbocycles. The lowest BCUT2D eigenvalue weighted by Gasteiger charge is -2.16. The molecule has 3 rings (SSSR count). The molecular weight excluding hydrogens is 479 g/mol. The highest BCUT2D eigenvalue weighted by molar-refractivity contribution is 5.69. The van der Waals surface area contributed by atoms with Crippen LogP contribution in [0.5, 0.6) is 0 Å². The largest absolute Gasteiger partial charge is 0.330 e. The van der Waals surface area contributed by atoms with Crippen molar-refractivity contribution in [2.75, 3.05) is 6.54 Å². The zero-order valence-corrected chi connectivity index (χ0v) is 24.9. The molecule has 1 heterocycles. The Morgan fingerprint density at radius 1 is 1.05 bits per heavy atom. The van der Waals surface area contributed by atoms with Gasteiger partial charge in [-0.05, 0) is 94.0 Å². The summed E-state index contributed by atoms with van der Waals surface area (Å²) in [4.78, 5) is 4.69. The summed E-state index contributed by atoms with van der Waals surface area (Å²) >= 11 is 0. The van der Waals surface area contributed by atoms with Crippen molar-refractivity contribution in [1.29, 1.82) is 0 Å². The summed E-state index contributed by atoms with van der Waals surface area (Å²) in [6.45, 7) is 21.2. The van der Waals surface area contributed by atoms with Gasteiger partial charge in [-0.15, -0.1) is 6.58 Å². The molecule has 0 aliphatic rings. The van der Waals surface area contributed by atoms with Crippen LogP contribution in [0.4, 0.5) is 4.39 Å². The molecule has 0 saturated heterocycles. The highest BCUT2D eigenvalue weighted by Gasteiger charge is 2.15. The molecule has 0 radical (unpaired) electrons. The number of nitrogens with two attached hydrogens (primary N) is 1. The molecular formula is C36H47FN2. The van der Waals surface area contributed by atoms with E-state index in [0.29, 0.717) is 0 Å². The summed E-state index contributed by atoms with van der Waals surface area (Å²) in [7, 11) is 0. The maximum atomic E-state index is 12.5. The topological polar surface area (TPSA) is 38.9 Å². The molecule has 2 aromatic carbocycles. The smallest absolute Gasteiger partial charge is 0.123 e. The minimum Gasteiger partial charge on any atom is -0.330 e. The fraction of sp³-hybridized carbons (Fsp3) is 0.361. The van der Waals surface area contributed by atoms with Crippen LogP contribution in [0.3, 0.4) is 0 Å². The summed E-state index contributed by atoms with van der Waals surface area (Å²) < 4.78 is 12.5. The van der Waals surface area contributed by atoms with E-state index in [-0.39, 0.29) is 11.7 Å². The van der Waals surface area contributed by atoms with Crippen LogP contribution in [0, 0.1) is 38.7 Å². The number of hydrogen-bond donors (Lipinski definition) is 1. The van der Waals surface area contributed by atoms with Crippen LogP contribution in [0.1, 0.15) is 85.2 Å². The molecule has 0 aliphatic heterocycles. The fourth-order valence-electron chi connectivity index (χ4n) is 4.08. The Morgan fingerprint density at radius 3 is 2.28 bits per heavy atom. The average molecular weight is 527 g/mol. The number of halogens is 1. The number of allylic oxidation sites excluding steroid dienone is 4.